The molecule has 0 aromatic heterocycles. The lowest BCUT2D eigenvalue weighted by atomic mass is 9.37. The van der Waals surface area contributed by atoms with E-state index in [1.165, 1.54) is 82.7 Å². The van der Waals surface area contributed by atoms with Crippen LogP contribution < -0.4 is 5.32 Å². The maximum atomic E-state index is 11.6. The third kappa shape index (κ3) is 3.90. The molecule has 5 nitrogen and oxygen atoms in total. The molecular formula is C39H58N2O3. The third-order valence-electron chi connectivity index (χ3n) is 16.7. The second kappa shape index (κ2) is 9.69. The van der Waals surface area contributed by atoms with Gasteiger partial charge in [0.1, 0.15) is 0 Å². The fraction of sp³-hybridized carbons (Fsp3) is 0.872. The monoisotopic (exact) mass is 602 g/mol. The average Bonchev–Trinajstić information content (AvgIpc) is 3.52. The van der Waals surface area contributed by atoms with Crippen LogP contribution in [0, 0.1) is 63.6 Å². The number of nitrogens with one attached hydrogen (secondary N) is 1. The summed E-state index contributed by atoms with van der Waals surface area (Å²) in [6.07, 6.45) is 21.8. The molecule has 7 aliphatic carbocycles. The number of likely N-dealkylation sites (tertiary alicyclic amines) is 1. The van der Waals surface area contributed by atoms with Crippen LogP contribution in [0.1, 0.15) is 105 Å². The standard InChI is InChI=1S/C39H58N2O3/c1-36(2)29(23-18-27-28(19-23)34(27)35(42)43)9-13-38(4)32(36)11-14-37(3)30-10-15-39(12-5-6-31(39)26(30)7-8-33(37)38)40-16-17-41-21-25-20-24(41)22-44-25/h9,18,24-28,30-34,40H,5-8,10-17,19-22H2,1-4H3,(H,42,43)/t24?,25?,26?,27?,28?,30?,31-,32?,33?,34?,37?,38?,39?/m1/s1. The molecular weight excluding hydrogens is 544 g/mol. The van der Waals surface area contributed by atoms with E-state index in [1.807, 2.05) is 0 Å². The minimum atomic E-state index is -0.584. The summed E-state index contributed by atoms with van der Waals surface area (Å²) in [7, 11) is 0. The minimum Gasteiger partial charge on any atom is -0.481 e. The van der Waals surface area contributed by atoms with E-state index in [1.54, 1.807) is 5.57 Å². The lowest BCUT2D eigenvalue weighted by molar-refractivity contribution is -0.175. The molecule has 5 saturated carbocycles. The van der Waals surface area contributed by atoms with Crippen molar-refractivity contribution in [1.29, 1.82) is 0 Å². The van der Waals surface area contributed by atoms with E-state index < -0.39 is 5.97 Å². The number of hydrogen-bond donors (Lipinski definition) is 2. The number of rotatable bonds is 6. The number of carboxylic acid groups (broad SMARTS) is 1. The lowest BCUT2D eigenvalue weighted by Crippen LogP contribution is -2.64. The molecule has 0 amide bonds. The number of carbonyl (C=O) groups is 1. The van der Waals surface area contributed by atoms with E-state index in [9.17, 15) is 9.90 Å². The Hall–Kier alpha value is -1.17. The Morgan fingerprint density at radius 3 is 2.59 bits per heavy atom. The second-order valence-electron chi connectivity index (χ2n) is 18.5. The minimum absolute atomic E-state index is 0.110. The summed E-state index contributed by atoms with van der Waals surface area (Å²) in [4.78, 5) is 14.3. The van der Waals surface area contributed by atoms with Crippen molar-refractivity contribution in [2.24, 2.45) is 63.6 Å². The van der Waals surface area contributed by atoms with Crippen molar-refractivity contribution in [3.05, 3.63) is 23.3 Å². The third-order valence-corrected chi connectivity index (χ3v) is 16.7. The molecule has 44 heavy (non-hydrogen) atoms. The number of fused-ring (bicyclic) bond motifs is 10. The van der Waals surface area contributed by atoms with Gasteiger partial charge in [-0.2, -0.15) is 0 Å². The van der Waals surface area contributed by atoms with E-state index in [-0.39, 0.29) is 11.3 Å². The van der Waals surface area contributed by atoms with E-state index in [0.29, 0.717) is 40.4 Å². The molecule has 2 saturated heterocycles. The largest absolute Gasteiger partial charge is 0.481 e. The van der Waals surface area contributed by atoms with Gasteiger partial charge in [-0.05, 0) is 139 Å². The topological polar surface area (TPSA) is 61.8 Å². The zero-order chi connectivity index (χ0) is 30.2. The van der Waals surface area contributed by atoms with Crippen molar-refractivity contribution < 1.29 is 14.6 Å². The SMILES string of the molecule is CC1(C)C(C2=CC3C(C2)C3C(=O)O)=CCC2(C)C1CCC1(C)C3CCC4(NCCN5CC6CC5CO6)CCC[C@@H]4C3CCC12. The van der Waals surface area contributed by atoms with Crippen molar-refractivity contribution in [1.82, 2.24) is 10.2 Å². The van der Waals surface area contributed by atoms with Crippen LogP contribution in [0.4, 0.5) is 0 Å². The highest BCUT2D eigenvalue weighted by Crippen LogP contribution is 2.73. The van der Waals surface area contributed by atoms with E-state index in [4.69, 9.17) is 4.74 Å². The first-order valence-corrected chi connectivity index (χ1v) is 18.8. The molecule has 2 bridgehead atoms. The van der Waals surface area contributed by atoms with Gasteiger partial charge < -0.3 is 15.2 Å². The first-order chi connectivity index (χ1) is 21.1. The zero-order valence-corrected chi connectivity index (χ0v) is 28.0. The zero-order valence-electron chi connectivity index (χ0n) is 28.0. The Balaban J connectivity index is 0.920. The molecule has 13 atom stereocenters. The van der Waals surface area contributed by atoms with E-state index >= 15 is 0 Å². The lowest BCUT2D eigenvalue weighted by Gasteiger charge is -2.68. The maximum Gasteiger partial charge on any atom is 0.307 e. The van der Waals surface area contributed by atoms with Gasteiger partial charge in [0.25, 0.3) is 0 Å². The van der Waals surface area contributed by atoms with Crippen molar-refractivity contribution in [2.75, 3.05) is 26.2 Å². The van der Waals surface area contributed by atoms with Gasteiger partial charge in [0.05, 0.1) is 18.6 Å². The molecule has 2 aliphatic heterocycles. The smallest absolute Gasteiger partial charge is 0.307 e. The summed E-state index contributed by atoms with van der Waals surface area (Å²) in [6, 6.07) is 0.682. The van der Waals surface area contributed by atoms with E-state index in [0.717, 1.165) is 55.7 Å². The highest BCUT2D eigenvalue weighted by molar-refractivity contribution is 5.76. The van der Waals surface area contributed by atoms with Gasteiger partial charge in [-0.3, -0.25) is 9.69 Å². The second-order valence-corrected chi connectivity index (χ2v) is 18.5. The Labute approximate surface area is 266 Å². The number of allylic oxidation sites excluding steroid dienone is 4. The molecule has 0 aromatic carbocycles. The van der Waals surface area contributed by atoms with Crippen LogP contribution in [0.15, 0.2) is 23.3 Å². The first-order valence-electron chi connectivity index (χ1n) is 18.8. The molecule has 9 aliphatic rings. The van der Waals surface area contributed by atoms with Gasteiger partial charge in [-0.25, -0.2) is 0 Å². The van der Waals surface area contributed by atoms with E-state index in [2.05, 4.69) is 50.1 Å². The van der Waals surface area contributed by atoms with Gasteiger partial charge in [-0.15, -0.1) is 0 Å². The molecule has 12 unspecified atom stereocenters. The summed E-state index contributed by atoms with van der Waals surface area (Å²) in [5, 5.41) is 13.9. The highest BCUT2D eigenvalue weighted by atomic mass is 16.5. The summed E-state index contributed by atoms with van der Waals surface area (Å²) < 4.78 is 5.87. The number of nitrogens with zero attached hydrogens (tertiary/aromatic N) is 1. The summed E-state index contributed by atoms with van der Waals surface area (Å²) in [5.74, 6) is 4.21. The van der Waals surface area contributed by atoms with Gasteiger partial charge in [0, 0.05) is 31.2 Å². The van der Waals surface area contributed by atoms with Gasteiger partial charge in [-0.1, -0.05) is 46.3 Å². The normalized spacial score (nSPS) is 53.2. The number of hydrogen-bond acceptors (Lipinski definition) is 4. The van der Waals surface area contributed by atoms with Crippen molar-refractivity contribution in [3.63, 3.8) is 0 Å². The van der Waals surface area contributed by atoms with Gasteiger partial charge >= 0.3 is 5.97 Å². The molecule has 9 rings (SSSR count). The fourth-order valence-corrected chi connectivity index (χ4v) is 14.9. The van der Waals surface area contributed by atoms with Crippen LogP contribution in [-0.4, -0.2) is 59.9 Å². The Bertz CT molecular complexity index is 1290. The highest BCUT2D eigenvalue weighted by Gasteiger charge is 2.66. The molecule has 5 heteroatoms. The van der Waals surface area contributed by atoms with Crippen LogP contribution in [-0.2, 0) is 9.53 Å². The fourth-order valence-electron chi connectivity index (χ4n) is 14.9. The molecule has 2 N–H and O–H groups in total. The van der Waals surface area contributed by atoms with Crippen molar-refractivity contribution in [2.45, 2.75) is 122 Å². The Kier molecular flexibility index (Phi) is 6.39. The van der Waals surface area contributed by atoms with Crippen molar-refractivity contribution >= 4 is 5.97 Å². The van der Waals surface area contributed by atoms with Crippen LogP contribution >= 0.6 is 0 Å². The van der Waals surface area contributed by atoms with Crippen LogP contribution in [0.25, 0.3) is 0 Å². The van der Waals surface area contributed by atoms with Crippen molar-refractivity contribution in [3.8, 4) is 0 Å². The number of aliphatic carboxylic acids is 1. The Morgan fingerprint density at radius 2 is 1.86 bits per heavy atom. The summed E-state index contributed by atoms with van der Waals surface area (Å²) in [5.41, 5.74) is 4.51. The van der Waals surface area contributed by atoms with Crippen LogP contribution in [0.2, 0.25) is 0 Å². The number of ether oxygens (including phenoxy) is 1. The number of morpholine rings is 1. The number of carboxylic acids is 1. The predicted molar refractivity (Wildman–Crippen MR) is 173 cm³/mol. The Morgan fingerprint density at radius 1 is 1.00 bits per heavy atom. The van der Waals surface area contributed by atoms with Gasteiger partial charge in [0.2, 0.25) is 0 Å². The quantitative estimate of drug-likeness (QED) is 0.340. The first kappa shape index (κ1) is 29.0. The predicted octanol–water partition coefficient (Wildman–Crippen LogP) is 7.08. The maximum absolute atomic E-state index is 11.6. The van der Waals surface area contributed by atoms with Gasteiger partial charge in [0.15, 0.2) is 0 Å². The molecule has 0 spiro atoms. The molecule has 7 fully saturated rings. The summed E-state index contributed by atoms with van der Waals surface area (Å²) in [6.45, 7) is 15.1. The van der Waals surface area contributed by atoms with Crippen LogP contribution in [0.3, 0.4) is 0 Å². The molecule has 2 heterocycles. The summed E-state index contributed by atoms with van der Waals surface area (Å²) >= 11 is 0. The molecule has 0 radical (unpaired) electrons. The molecule has 0 aromatic rings. The van der Waals surface area contributed by atoms with Crippen LogP contribution in [0.5, 0.6) is 0 Å². The average molecular weight is 603 g/mol. The molecule has 242 valence electrons.